The molecule has 0 aliphatic rings. The van der Waals surface area contributed by atoms with Crippen molar-refractivity contribution in [1.82, 2.24) is 15.3 Å². The van der Waals surface area contributed by atoms with Gasteiger partial charge in [0.15, 0.2) is 0 Å². The molecular weight excluding hydrogens is 300 g/mol. The number of aromatic amines is 1. The molecule has 1 heterocycles. The van der Waals surface area contributed by atoms with Gasteiger partial charge in [0.05, 0.1) is 17.1 Å². The fourth-order valence-electron chi connectivity index (χ4n) is 2.72. The van der Waals surface area contributed by atoms with Crippen molar-refractivity contribution in [2.75, 3.05) is 5.73 Å². The van der Waals surface area contributed by atoms with Crippen molar-refractivity contribution in [3.63, 3.8) is 0 Å². The Kier molecular flexibility index (Phi) is 4.51. The molecule has 5 nitrogen and oxygen atoms in total. The second kappa shape index (κ2) is 6.74. The highest BCUT2D eigenvalue weighted by atomic mass is 16.1. The number of H-pyrrole nitrogens is 1. The number of anilines is 1. The van der Waals surface area contributed by atoms with Crippen LogP contribution in [0.15, 0.2) is 48.5 Å². The third kappa shape index (κ3) is 3.56. The summed E-state index contributed by atoms with van der Waals surface area (Å²) in [6.07, 6.45) is 0.806. The summed E-state index contributed by atoms with van der Waals surface area (Å²) >= 11 is 0. The standard InChI is InChI=1S/C19H22N4O/c1-12(2)11-17(18-21-15-5-3-4-6-16(15)22-18)23-19(24)13-7-9-14(20)10-8-13/h3-10,12,17H,11,20H2,1-2H3,(H,21,22)(H,23,24). The zero-order valence-corrected chi connectivity index (χ0v) is 13.9. The molecule has 0 aliphatic carbocycles. The van der Waals surface area contributed by atoms with Gasteiger partial charge in [-0.2, -0.15) is 0 Å². The molecule has 1 amide bonds. The van der Waals surface area contributed by atoms with Gasteiger partial charge in [0.2, 0.25) is 0 Å². The molecule has 2 aromatic carbocycles. The second-order valence-corrected chi connectivity index (χ2v) is 6.42. The number of aromatic nitrogens is 2. The Morgan fingerprint density at radius 1 is 1.17 bits per heavy atom. The maximum absolute atomic E-state index is 12.5. The van der Waals surface area contributed by atoms with Crippen LogP contribution in [0, 0.1) is 5.92 Å². The van der Waals surface area contributed by atoms with Gasteiger partial charge in [0.25, 0.3) is 5.91 Å². The lowest BCUT2D eigenvalue weighted by atomic mass is 10.0. The molecule has 0 aliphatic heterocycles. The van der Waals surface area contributed by atoms with E-state index in [4.69, 9.17) is 5.73 Å². The molecule has 0 saturated heterocycles. The summed E-state index contributed by atoms with van der Waals surface area (Å²) in [5.41, 5.74) is 8.79. The Morgan fingerprint density at radius 2 is 1.88 bits per heavy atom. The molecule has 0 radical (unpaired) electrons. The average Bonchev–Trinajstić information content (AvgIpc) is 2.98. The molecule has 1 atom stereocenters. The topological polar surface area (TPSA) is 83.8 Å². The third-order valence-electron chi connectivity index (χ3n) is 3.92. The predicted molar refractivity (Wildman–Crippen MR) is 96.6 cm³/mol. The average molecular weight is 322 g/mol. The van der Waals surface area contributed by atoms with Crippen molar-refractivity contribution < 1.29 is 4.79 Å². The number of amides is 1. The van der Waals surface area contributed by atoms with Gasteiger partial charge < -0.3 is 16.0 Å². The van der Waals surface area contributed by atoms with Gasteiger partial charge in [-0.3, -0.25) is 4.79 Å². The van der Waals surface area contributed by atoms with Crippen molar-refractivity contribution in [3.8, 4) is 0 Å². The van der Waals surface area contributed by atoms with E-state index in [-0.39, 0.29) is 11.9 Å². The first-order valence-corrected chi connectivity index (χ1v) is 8.14. The van der Waals surface area contributed by atoms with Crippen molar-refractivity contribution in [2.24, 2.45) is 5.92 Å². The minimum Gasteiger partial charge on any atom is -0.399 e. The lowest BCUT2D eigenvalue weighted by Crippen LogP contribution is -2.30. The Labute approximate surface area is 141 Å². The molecule has 1 unspecified atom stereocenters. The summed E-state index contributed by atoms with van der Waals surface area (Å²) in [4.78, 5) is 20.5. The van der Waals surface area contributed by atoms with Crippen LogP contribution < -0.4 is 11.1 Å². The first-order valence-electron chi connectivity index (χ1n) is 8.14. The van der Waals surface area contributed by atoms with E-state index >= 15 is 0 Å². The Balaban J connectivity index is 1.85. The van der Waals surface area contributed by atoms with Crippen LogP contribution in [-0.4, -0.2) is 15.9 Å². The van der Waals surface area contributed by atoms with Gasteiger partial charge in [0.1, 0.15) is 5.82 Å². The summed E-state index contributed by atoms with van der Waals surface area (Å²) in [5, 5.41) is 3.09. The lowest BCUT2D eigenvalue weighted by Gasteiger charge is -2.18. The SMILES string of the molecule is CC(C)CC(NC(=O)c1ccc(N)cc1)c1nc2ccccc2[nH]1. The summed E-state index contributed by atoms with van der Waals surface area (Å²) in [5.74, 6) is 1.09. The van der Waals surface area contributed by atoms with Crippen LogP contribution >= 0.6 is 0 Å². The zero-order chi connectivity index (χ0) is 17.1. The number of para-hydroxylation sites is 2. The first-order chi connectivity index (χ1) is 11.5. The number of nitrogens with two attached hydrogens (primary N) is 1. The number of rotatable bonds is 5. The van der Waals surface area contributed by atoms with E-state index in [9.17, 15) is 4.79 Å². The molecule has 124 valence electrons. The van der Waals surface area contributed by atoms with E-state index in [0.717, 1.165) is 23.3 Å². The highest BCUT2D eigenvalue weighted by Crippen LogP contribution is 2.22. The van der Waals surface area contributed by atoms with Gasteiger partial charge in [-0.1, -0.05) is 26.0 Å². The van der Waals surface area contributed by atoms with E-state index in [2.05, 4.69) is 29.1 Å². The number of nitrogens with zero attached hydrogens (tertiary/aromatic N) is 1. The van der Waals surface area contributed by atoms with Crippen LogP contribution in [0.3, 0.4) is 0 Å². The largest absolute Gasteiger partial charge is 0.399 e. The molecule has 3 rings (SSSR count). The minimum absolute atomic E-state index is 0.124. The fraction of sp³-hybridized carbons (Fsp3) is 0.263. The normalized spacial score (nSPS) is 12.5. The Hall–Kier alpha value is -2.82. The molecule has 1 aromatic heterocycles. The second-order valence-electron chi connectivity index (χ2n) is 6.42. The Bertz CT molecular complexity index is 803. The Morgan fingerprint density at radius 3 is 2.54 bits per heavy atom. The van der Waals surface area contributed by atoms with Crippen molar-refractivity contribution in [3.05, 3.63) is 59.9 Å². The van der Waals surface area contributed by atoms with Crippen molar-refractivity contribution in [1.29, 1.82) is 0 Å². The molecule has 3 aromatic rings. The van der Waals surface area contributed by atoms with Crippen LogP contribution in [0.5, 0.6) is 0 Å². The zero-order valence-electron chi connectivity index (χ0n) is 13.9. The first kappa shape index (κ1) is 16.1. The van der Waals surface area contributed by atoms with E-state index in [0.29, 0.717) is 17.2 Å². The van der Waals surface area contributed by atoms with Crippen LogP contribution in [-0.2, 0) is 0 Å². The highest BCUT2D eigenvalue weighted by molar-refractivity contribution is 5.94. The third-order valence-corrected chi connectivity index (χ3v) is 3.92. The number of carbonyl (C=O) groups is 1. The van der Waals surface area contributed by atoms with Gasteiger partial charge in [0, 0.05) is 11.3 Å². The number of carbonyl (C=O) groups excluding carboxylic acids is 1. The monoisotopic (exact) mass is 322 g/mol. The van der Waals surface area contributed by atoms with Gasteiger partial charge in [-0.25, -0.2) is 4.98 Å². The van der Waals surface area contributed by atoms with Crippen LogP contribution in [0.4, 0.5) is 5.69 Å². The van der Waals surface area contributed by atoms with Gasteiger partial charge in [-0.05, 0) is 48.7 Å². The predicted octanol–water partition coefficient (Wildman–Crippen LogP) is 3.66. The lowest BCUT2D eigenvalue weighted by molar-refractivity contribution is 0.0930. The van der Waals surface area contributed by atoms with Crippen molar-refractivity contribution in [2.45, 2.75) is 26.3 Å². The molecule has 0 fully saturated rings. The number of nitrogen functional groups attached to an aromatic ring is 1. The molecule has 0 saturated carbocycles. The fourth-order valence-corrected chi connectivity index (χ4v) is 2.72. The number of imidazole rings is 1. The molecule has 0 spiro atoms. The smallest absolute Gasteiger partial charge is 0.251 e. The van der Waals surface area contributed by atoms with Crippen LogP contribution in [0.25, 0.3) is 11.0 Å². The number of benzene rings is 2. The highest BCUT2D eigenvalue weighted by Gasteiger charge is 2.20. The quantitative estimate of drug-likeness (QED) is 0.627. The van der Waals surface area contributed by atoms with E-state index in [1.807, 2.05) is 24.3 Å². The molecule has 5 heteroatoms. The molecular formula is C19H22N4O. The number of nitrogens with one attached hydrogen (secondary N) is 2. The summed E-state index contributed by atoms with van der Waals surface area (Å²) in [6.45, 7) is 4.26. The summed E-state index contributed by atoms with van der Waals surface area (Å²) in [7, 11) is 0. The van der Waals surface area contributed by atoms with Crippen molar-refractivity contribution >= 4 is 22.6 Å². The van der Waals surface area contributed by atoms with Crippen LogP contribution in [0.1, 0.15) is 42.5 Å². The maximum Gasteiger partial charge on any atom is 0.251 e. The van der Waals surface area contributed by atoms with E-state index in [1.165, 1.54) is 0 Å². The number of hydrogen-bond donors (Lipinski definition) is 3. The number of hydrogen-bond acceptors (Lipinski definition) is 3. The van der Waals surface area contributed by atoms with E-state index < -0.39 is 0 Å². The molecule has 0 bridgehead atoms. The molecule has 24 heavy (non-hydrogen) atoms. The maximum atomic E-state index is 12.5. The summed E-state index contributed by atoms with van der Waals surface area (Å²) < 4.78 is 0. The van der Waals surface area contributed by atoms with Gasteiger partial charge in [-0.15, -0.1) is 0 Å². The minimum atomic E-state index is -0.164. The van der Waals surface area contributed by atoms with Gasteiger partial charge >= 0.3 is 0 Å². The number of fused-ring (bicyclic) bond motifs is 1. The van der Waals surface area contributed by atoms with Crippen LogP contribution in [0.2, 0.25) is 0 Å². The summed E-state index contributed by atoms with van der Waals surface area (Å²) in [6, 6.07) is 14.6. The van der Waals surface area contributed by atoms with E-state index in [1.54, 1.807) is 24.3 Å². The molecule has 4 N–H and O–H groups in total.